The third-order valence-corrected chi connectivity index (χ3v) is 3.65. The van der Waals surface area contributed by atoms with Crippen molar-refractivity contribution in [2.45, 2.75) is 19.5 Å². The Hall–Kier alpha value is -0.870. The molecular formula is C14H26IN5O2. The van der Waals surface area contributed by atoms with Gasteiger partial charge in [0, 0.05) is 45.8 Å². The molecule has 7 nitrogen and oxygen atoms in total. The largest absolute Gasteiger partial charge is 0.379 e. The highest BCUT2D eigenvalue weighted by Crippen LogP contribution is 2.05. The Morgan fingerprint density at radius 3 is 3.05 bits per heavy atom. The van der Waals surface area contributed by atoms with E-state index in [2.05, 4.69) is 27.3 Å². The molecule has 0 amide bonds. The number of hydrogen-bond acceptors (Lipinski definition) is 5. The second-order valence-electron chi connectivity index (χ2n) is 5.28. The quantitative estimate of drug-likeness (QED) is 0.434. The van der Waals surface area contributed by atoms with Gasteiger partial charge in [-0.2, -0.15) is 0 Å². The van der Waals surface area contributed by atoms with Gasteiger partial charge >= 0.3 is 0 Å². The van der Waals surface area contributed by atoms with Gasteiger partial charge in [-0.1, -0.05) is 5.16 Å². The van der Waals surface area contributed by atoms with Crippen molar-refractivity contribution in [2.75, 3.05) is 46.9 Å². The summed E-state index contributed by atoms with van der Waals surface area (Å²) in [5.74, 6) is 0.860. The lowest BCUT2D eigenvalue weighted by atomic mass is 10.2. The van der Waals surface area contributed by atoms with Gasteiger partial charge in [-0.3, -0.25) is 9.89 Å². The first kappa shape index (κ1) is 19.2. The average molecular weight is 423 g/mol. The molecule has 1 aromatic heterocycles. The Labute approximate surface area is 149 Å². The number of aliphatic imine (C=N–C) groups is 1. The summed E-state index contributed by atoms with van der Waals surface area (Å²) in [5, 5.41) is 7.30. The highest BCUT2D eigenvalue weighted by atomic mass is 127. The van der Waals surface area contributed by atoms with Gasteiger partial charge in [0.15, 0.2) is 5.96 Å². The molecule has 0 radical (unpaired) electrons. The molecule has 1 atom stereocenters. The number of ether oxygens (including phenoxy) is 1. The normalized spacial score (nSPS) is 19.6. The number of nitrogens with zero attached hydrogens (tertiary/aromatic N) is 4. The summed E-state index contributed by atoms with van der Waals surface area (Å²) >= 11 is 0. The fraction of sp³-hybridized carbons (Fsp3) is 0.714. The van der Waals surface area contributed by atoms with E-state index >= 15 is 0 Å². The molecule has 1 saturated heterocycles. The maximum Gasteiger partial charge on any atom is 0.193 e. The minimum atomic E-state index is 0. The van der Waals surface area contributed by atoms with E-state index in [1.54, 1.807) is 13.3 Å². The molecule has 1 aliphatic rings. The number of aromatic nitrogens is 1. The maximum absolute atomic E-state index is 5.45. The van der Waals surface area contributed by atoms with Crippen LogP contribution in [0.1, 0.15) is 12.6 Å². The molecule has 8 heteroatoms. The third kappa shape index (κ3) is 5.73. The van der Waals surface area contributed by atoms with Crippen LogP contribution in [0, 0.1) is 0 Å². The SMILES string of the molecule is CN=C(NCCN1CCOCC1C)N(C)Cc1ccon1.I. The lowest BCUT2D eigenvalue weighted by Crippen LogP contribution is -2.48. The molecule has 1 fully saturated rings. The average Bonchev–Trinajstić information content (AvgIpc) is 2.98. The molecular weight excluding hydrogens is 397 g/mol. The second-order valence-corrected chi connectivity index (χ2v) is 5.28. The van der Waals surface area contributed by atoms with E-state index in [4.69, 9.17) is 9.26 Å². The van der Waals surface area contributed by atoms with Crippen LogP contribution in [0.25, 0.3) is 0 Å². The van der Waals surface area contributed by atoms with Gasteiger partial charge in [-0.15, -0.1) is 24.0 Å². The first-order valence-electron chi connectivity index (χ1n) is 7.33. The third-order valence-electron chi connectivity index (χ3n) is 3.65. The number of nitrogens with one attached hydrogen (secondary N) is 1. The van der Waals surface area contributed by atoms with Crippen molar-refractivity contribution >= 4 is 29.9 Å². The van der Waals surface area contributed by atoms with Crippen LogP contribution >= 0.6 is 24.0 Å². The topological polar surface area (TPSA) is 66.1 Å². The summed E-state index contributed by atoms with van der Waals surface area (Å²) in [6.07, 6.45) is 1.58. The molecule has 2 rings (SSSR count). The van der Waals surface area contributed by atoms with Gasteiger partial charge in [0.2, 0.25) is 0 Å². The van der Waals surface area contributed by atoms with E-state index in [0.717, 1.165) is 44.5 Å². The van der Waals surface area contributed by atoms with Crippen molar-refractivity contribution in [1.82, 2.24) is 20.3 Å². The van der Waals surface area contributed by atoms with Crippen molar-refractivity contribution in [3.05, 3.63) is 18.0 Å². The number of halogens is 1. The van der Waals surface area contributed by atoms with Gasteiger partial charge in [-0.25, -0.2) is 0 Å². The first-order chi connectivity index (χ1) is 10.2. The summed E-state index contributed by atoms with van der Waals surface area (Å²) in [7, 11) is 3.78. The lowest BCUT2D eigenvalue weighted by Gasteiger charge is -2.33. The van der Waals surface area contributed by atoms with Crippen molar-refractivity contribution < 1.29 is 9.26 Å². The molecule has 1 unspecified atom stereocenters. The van der Waals surface area contributed by atoms with Crippen molar-refractivity contribution in [3.8, 4) is 0 Å². The summed E-state index contributed by atoms with van der Waals surface area (Å²) in [4.78, 5) is 8.76. The summed E-state index contributed by atoms with van der Waals surface area (Å²) in [5.41, 5.74) is 0.891. The minimum absolute atomic E-state index is 0. The fourth-order valence-electron chi connectivity index (χ4n) is 2.43. The van der Waals surface area contributed by atoms with Crippen molar-refractivity contribution in [2.24, 2.45) is 4.99 Å². The zero-order valence-electron chi connectivity index (χ0n) is 13.5. The summed E-state index contributed by atoms with van der Waals surface area (Å²) in [6, 6.07) is 2.34. The number of guanidine groups is 1. The summed E-state index contributed by atoms with van der Waals surface area (Å²) in [6.45, 7) is 7.36. The van der Waals surface area contributed by atoms with Gasteiger partial charge in [0.05, 0.1) is 19.8 Å². The van der Waals surface area contributed by atoms with Crippen molar-refractivity contribution in [1.29, 1.82) is 0 Å². The smallest absolute Gasteiger partial charge is 0.193 e. The molecule has 126 valence electrons. The van der Waals surface area contributed by atoms with Crippen LogP contribution in [-0.4, -0.2) is 73.9 Å². The van der Waals surface area contributed by atoms with Crippen LogP contribution in [0.15, 0.2) is 21.8 Å². The lowest BCUT2D eigenvalue weighted by molar-refractivity contribution is 0.000832. The minimum Gasteiger partial charge on any atom is -0.379 e. The highest BCUT2D eigenvalue weighted by Gasteiger charge is 2.18. The van der Waals surface area contributed by atoms with Gasteiger partial charge in [0.25, 0.3) is 0 Å². The molecule has 22 heavy (non-hydrogen) atoms. The predicted octanol–water partition coefficient (Wildman–Crippen LogP) is 1.02. The van der Waals surface area contributed by atoms with Gasteiger partial charge < -0.3 is 19.5 Å². The van der Waals surface area contributed by atoms with Crippen LogP contribution in [0.5, 0.6) is 0 Å². The zero-order valence-corrected chi connectivity index (χ0v) is 15.8. The molecule has 0 bridgehead atoms. The Morgan fingerprint density at radius 1 is 1.59 bits per heavy atom. The molecule has 1 N–H and O–H groups in total. The first-order valence-corrected chi connectivity index (χ1v) is 7.33. The number of rotatable bonds is 5. The fourth-order valence-corrected chi connectivity index (χ4v) is 2.43. The Bertz CT molecular complexity index is 440. The molecule has 2 heterocycles. The second kappa shape index (κ2) is 10.0. The summed E-state index contributed by atoms with van der Waals surface area (Å²) < 4.78 is 10.3. The van der Waals surface area contributed by atoms with Crippen molar-refractivity contribution in [3.63, 3.8) is 0 Å². The maximum atomic E-state index is 5.45. The molecule has 0 aromatic carbocycles. The van der Waals surface area contributed by atoms with Crippen LogP contribution in [0.3, 0.4) is 0 Å². The Kier molecular flexibility index (Phi) is 8.72. The van der Waals surface area contributed by atoms with E-state index in [1.165, 1.54) is 0 Å². The Balaban J connectivity index is 0.00000242. The standard InChI is InChI=1S/C14H25N5O2.HI/c1-12-11-20-9-7-19(12)6-5-16-14(15-2)18(3)10-13-4-8-21-17-13;/h4,8,12H,5-7,9-11H2,1-3H3,(H,15,16);1H. The Morgan fingerprint density at radius 2 is 2.41 bits per heavy atom. The van der Waals surface area contributed by atoms with Crippen LogP contribution < -0.4 is 5.32 Å². The zero-order chi connectivity index (χ0) is 15.1. The van der Waals surface area contributed by atoms with E-state index < -0.39 is 0 Å². The molecule has 0 aliphatic carbocycles. The van der Waals surface area contributed by atoms with E-state index in [9.17, 15) is 0 Å². The number of hydrogen-bond donors (Lipinski definition) is 1. The van der Waals surface area contributed by atoms with Gasteiger partial charge in [0.1, 0.15) is 12.0 Å². The van der Waals surface area contributed by atoms with E-state index in [0.29, 0.717) is 12.6 Å². The van der Waals surface area contributed by atoms with Crippen LogP contribution in [0.2, 0.25) is 0 Å². The van der Waals surface area contributed by atoms with E-state index in [1.807, 2.05) is 18.0 Å². The van der Waals surface area contributed by atoms with E-state index in [-0.39, 0.29) is 24.0 Å². The number of morpholine rings is 1. The van der Waals surface area contributed by atoms with Crippen LogP contribution in [0.4, 0.5) is 0 Å². The highest BCUT2D eigenvalue weighted by molar-refractivity contribution is 14.0. The molecule has 1 aromatic rings. The van der Waals surface area contributed by atoms with Crippen LogP contribution in [-0.2, 0) is 11.3 Å². The molecule has 0 spiro atoms. The molecule has 0 saturated carbocycles. The van der Waals surface area contributed by atoms with Gasteiger partial charge in [-0.05, 0) is 6.92 Å². The molecule has 1 aliphatic heterocycles. The monoisotopic (exact) mass is 423 g/mol. The predicted molar refractivity (Wildman–Crippen MR) is 96.6 cm³/mol.